The van der Waals surface area contributed by atoms with E-state index in [0.29, 0.717) is 17.0 Å². The Kier molecular flexibility index (Phi) is 7.07. The Hall–Kier alpha value is -2.82. The van der Waals surface area contributed by atoms with Crippen LogP contribution in [0.5, 0.6) is 5.75 Å². The number of ether oxygens (including phenoxy) is 1. The molecule has 0 radical (unpaired) electrons. The lowest BCUT2D eigenvalue weighted by Crippen LogP contribution is -2.41. The van der Waals surface area contributed by atoms with E-state index in [9.17, 15) is 9.59 Å². The molecule has 2 aromatic rings. The molecular formula is C24H32N2O3. The predicted octanol–water partition coefficient (Wildman–Crippen LogP) is 5.05. The lowest BCUT2D eigenvalue weighted by atomic mass is 10.0. The number of nitrogens with one attached hydrogen (secondary N) is 2. The van der Waals surface area contributed by atoms with E-state index in [-0.39, 0.29) is 23.3 Å². The molecule has 0 aromatic heterocycles. The maximum atomic E-state index is 12.8. The molecule has 0 bridgehead atoms. The molecule has 0 aliphatic rings. The highest BCUT2D eigenvalue weighted by Crippen LogP contribution is 2.28. The predicted molar refractivity (Wildman–Crippen MR) is 118 cm³/mol. The zero-order chi connectivity index (χ0) is 21.8. The molecule has 156 valence electrons. The summed E-state index contributed by atoms with van der Waals surface area (Å²) in [5, 5.41) is 5.76. The Bertz CT molecular complexity index is 882. The highest BCUT2D eigenvalue weighted by Gasteiger charge is 2.22. The van der Waals surface area contributed by atoms with Crippen LogP contribution in [-0.2, 0) is 4.79 Å². The molecule has 5 nitrogen and oxygen atoms in total. The van der Waals surface area contributed by atoms with Gasteiger partial charge in [0, 0.05) is 5.54 Å². The highest BCUT2D eigenvalue weighted by molar-refractivity contribution is 6.04. The Morgan fingerprint density at radius 3 is 2.28 bits per heavy atom. The molecule has 0 fully saturated rings. The highest BCUT2D eigenvalue weighted by atomic mass is 16.5. The third kappa shape index (κ3) is 6.34. The minimum Gasteiger partial charge on any atom is -0.481 e. The summed E-state index contributed by atoms with van der Waals surface area (Å²) in [5.41, 5.74) is 2.63. The molecule has 1 unspecified atom stereocenters. The molecule has 29 heavy (non-hydrogen) atoms. The number of carbonyl (C=O) groups is 2. The molecule has 2 aromatic carbocycles. The SMILES string of the molecule is Cc1ccc(C(C)C)c(OC(C)C(=O)Nc2ccccc2C(=O)NC(C)(C)C)c1. The van der Waals surface area contributed by atoms with Crippen LogP contribution in [0.25, 0.3) is 0 Å². The van der Waals surface area contributed by atoms with Gasteiger partial charge in [-0.15, -0.1) is 0 Å². The van der Waals surface area contributed by atoms with E-state index < -0.39 is 6.10 Å². The van der Waals surface area contributed by atoms with Crippen molar-refractivity contribution in [2.75, 3.05) is 5.32 Å². The fraction of sp³-hybridized carbons (Fsp3) is 0.417. The van der Waals surface area contributed by atoms with Crippen molar-refractivity contribution in [2.45, 2.75) is 66.0 Å². The van der Waals surface area contributed by atoms with Crippen molar-refractivity contribution in [1.82, 2.24) is 5.32 Å². The van der Waals surface area contributed by atoms with Gasteiger partial charge in [0.15, 0.2) is 6.10 Å². The molecule has 0 saturated carbocycles. The van der Waals surface area contributed by atoms with Gasteiger partial charge in [0.25, 0.3) is 11.8 Å². The van der Waals surface area contributed by atoms with Crippen LogP contribution < -0.4 is 15.4 Å². The van der Waals surface area contributed by atoms with Crippen molar-refractivity contribution < 1.29 is 14.3 Å². The number of anilines is 1. The number of carbonyl (C=O) groups excluding carboxylic acids is 2. The maximum Gasteiger partial charge on any atom is 0.265 e. The van der Waals surface area contributed by atoms with E-state index in [0.717, 1.165) is 11.1 Å². The van der Waals surface area contributed by atoms with Crippen LogP contribution in [0.4, 0.5) is 5.69 Å². The van der Waals surface area contributed by atoms with Crippen molar-refractivity contribution >= 4 is 17.5 Å². The van der Waals surface area contributed by atoms with Crippen LogP contribution in [0.2, 0.25) is 0 Å². The summed E-state index contributed by atoms with van der Waals surface area (Å²) in [6.45, 7) is 13.6. The first-order valence-electron chi connectivity index (χ1n) is 9.97. The van der Waals surface area contributed by atoms with E-state index >= 15 is 0 Å². The monoisotopic (exact) mass is 396 g/mol. The second-order valence-corrected chi connectivity index (χ2v) is 8.70. The number of hydrogen-bond donors (Lipinski definition) is 2. The van der Waals surface area contributed by atoms with Gasteiger partial charge < -0.3 is 15.4 Å². The summed E-state index contributed by atoms with van der Waals surface area (Å²) in [7, 11) is 0. The third-order valence-corrected chi connectivity index (χ3v) is 4.38. The lowest BCUT2D eigenvalue weighted by molar-refractivity contribution is -0.122. The van der Waals surface area contributed by atoms with Crippen LogP contribution in [0.15, 0.2) is 42.5 Å². The Labute approximate surface area is 173 Å². The van der Waals surface area contributed by atoms with Gasteiger partial charge in [-0.25, -0.2) is 0 Å². The molecule has 0 aliphatic carbocycles. The Balaban J connectivity index is 2.17. The Morgan fingerprint density at radius 1 is 1.00 bits per heavy atom. The second kappa shape index (κ2) is 9.12. The van der Waals surface area contributed by atoms with Gasteiger partial charge in [-0.1, -0.05) is 38.1 Å². The molecule has 0 aliphatic heterocycles. The van der Waals surface area contributed by atoms with Crippen molar-refractivity contribution in [2.24, 2.45) is 0 Å². The summed E-state index contributed by atoms with van der Waals surface area (Å²) in [6.07, 6.45) is -0.715. The van der Waals surface area contributed by atoms with Crippen LogP contribution in [-0.4, -0.2) is 23.5 Å². The largest absolute Gasteiger partial charge is 0.481 e. The standard InChI is InChI=1S/C24H32N2O3/c1-15(2)18-13-12-16(3)14-21(18)29-17(4)22(27)25-20-11-9-8-10-19(20)23(28)26-24(5,6)7/h8-15,17H,1-7H3,(H,25,27)(H,26,28). The summed E-state index contributed by atoms with van der Waals surface area (Å²) in [4.78, 5) is 25.4. The van der Waals surface area contributed by atoms with Crippen LogP contribution in [0, 0.1) is 6.92 Å². The fourth-order valence-corrected chi connectivity index (χ4v) is 2.90. The fourth-order valence-electron chi connectivity index (χ4n) is 2.90. The molecule has 0 saturated heterocycles. The number of para-hydroxylation sites is 1. The quantitative estimate of drug-likeness (QED) is 0.718. The minimum atomic E-state index is -0.715. The summed E-state index contributed by atoms with van der Waals surface area (Å²) < 4.78 is 5.99. The molecular weight excluding hydrogens is 364 g/mol. The third-order valence-electron chi connectivity index (χ3n) is 4.38. The second-order valence-electron chi connectivity index (χ2n) is 8.70. The summed E-state index contributed by atoms with van der Waals surface area (Å²) >= 11 is 0. The van der Waals surface area contributed by atoms with Crippen LogP contribution in [0.3, 0.4) is 0 Å². The first-order valence-corrected chi connectivity index (χ1v) is 9.97. The van der Waals surface area contributed by atoms with Crippen molar-refractivity contribution in [3.63, 3.8) is 0 Å². The van der Waals surface area contributed by atoms with Crippen molar-refractivity contribution in [3.8, 4) is 5.75 Å². The number of benzene rings is 2. The average molecular weight is 397 g/mol. The van der Waals surface area contributed by atoms with E-state index in [1.807, 2.05) is 45.9 Å². The topological polar surface area (TPSA) is 67.4 Å². The molecule has 2 N–H and O–H groups in total. The lowest BCUT2D eigenvalue weighted by Gasteiger charge is -2.22. The van der Waals surface area contributed by atoms with Gasteiger partial charge in [0.1, 0.15) is 5.75 Å². The maximum absolute atomic E-state index is 12.8. The molecule has 2 rings (SSSR count). The summed E-state index contributed by atoms with van der Waals surface area (Å²) in [5.74, 6) is 0.448. The van der Waals surface area contributed by atoms with Gasteiger partial charge in [-0.2, -0.15) is 0 Å². The molecule has 0 heterocycles. The number of amides is 2. The first kappa shape index (κ1) is 22.5. The first-order chi connectivity index (χ1) is 13.5. The van der Waals surface area contributed by atoms with Crippen LogP contribution in [0.1, 0.15) is 68.9 Å². The number of rotatable bonds is 6. The molecule has 2 amide bonds. The van der Waals surface area contributed by atoms with Crippen molar-refractivity contribution in [3.05, 3.63) is 59.2 Å². The van der Waals surface area contributed by atoms with Gasteiger partial charge in [0.05, 0.1) is 11.3 Å². The van der Waals surface area contributed by atoms with Gasteiger partial charge >= 0.3 is 0 Å². The van der Waals surface area contributed by atoms with E-state index in [1.54, 1.807) is 31.2 Å². The Morgan fingerprint density at radius 2 is 1.66 bits per heavy atom. The average Bonchev–Trinajstić information content (AvgIpc) is 2.60. The normalized spacial score (nSPS) is 12.4. The van der Waals surface area contributed by atoms with Gasteiger partial charge in [0.2, 0.25) is 0 Å². The van der Waals surface area contributed by atoms with Gasteiger partial charge in [-0.05, 0) is 69.9 Å². The van der Waals surface area contributed by atoms with E-state index in [4.69, 9.17) is 4.74 Å². The zero-order valence-corrected chi connectivity index (χ0v) is 18.4. The number of aryl methyl sites for hydroxylation is 1. The van der Waals surface area contributed by atoms with E-state index in [2.05, 4.69) is 24.5 Å². The summed E-state index contributed by atoms with van der Waals surface area (Å²) in [6, 6.07) is 13.0. The smallest absolute Gasteiger partial charge is 0.265 e. The van der Waals surface area contributed by atoms with Gasteiger partial charge in [-0.3, -0.25) is 9.59 Å². The van der Waals surface area contributed by atoms with Crippen molar-refractivity contribution in [1.29, 1.82) is 0 Å². The molecule has 5 heteroatoms. The molecule has 0 spiro atoms. The number of hydrogen-bond acceptors (Lipinski definition) is 3. The zero-order valence-electron chi connectivity index (χ0n) is 18.4. The van der Waals surface area contributed by atoms with Crippen LogP contribution >= 0.6 is 0 Å². The molecule has 1 atom stereocenters. The van der Waals surface area contributed by atoms with E-state index in [1.165, 1.54) is 0 Å². The minimum absolute atomic E-state index is 0.234.